The van der Waals surface area contributed by atoms with Gasteiger partial charge in [0.2, 0.25) is 0 Å². The van der Waals surface area contributed by atoms with Crippen LogP contribution in [0.5, 0.6) is 0 Å². The molecule has 2 aliphatic heterocycles. The van der Waals surface area contributed by atoms with Crippen molar-refractivity contribution in [3.05, 3.63) is 36.9 Å². The normalized spacial score (nSPS) is 25.5. The van der Waals surface area contributed by atoms with Crippen LogP contribution in [0.4, 0.5) is 11.8 Å². The lowest BCUT2D eigenvalue weighted by molar-refractivity contribution is -0.149. The summed E-state index contributed by atoms with van der Waals surface area (Å²) in [6.45, 7) is 1.80. The molecular weight excluding hydrogens is 444 g/mol. The molecule has 13 heteroatoms. The van der Waals surface area contributed by atoms with Crippen LogP contribution in [0.3, 0.4) is 0 Å². The third-order valence-corrected chi connectivity index (χ3v) is 6.29. The van der Waals surface area contributed by atoms with Crippen molar-refractivity contribution in [2.24, 2.45) is 0 Å². The molecule has 4 N–H and O–H groups in total. The molecule has 6 rings (SSSR count). The van der Waals surface area contributed by atoms with Crippen molar-refractivity contribution in [2.45, 2.75) is 24.5 Å². The number of hydrogen-bond acceptors (Lipinski definition) is 11. The number of nitrogens with two attached hydrogens (primary N) is 1. The minimum Gasteiger partial charge on any atom is -0.423 e. The molecule has 0 aliphatic carbocycles. The van der Waals surface area contributed by atoms with E-state index in [0.29, 0.717) is 48.9 Å². The summed E-state index contributed by atoms with van der Waals surface area (Å²) in [6, 6.07) is 8.03. The predicted molar refractivity (Wildman–Crippen MR) is 118 cm³/mol. The van der Waals surface area contributed by atoms with E-state index < -0.39 is 30.4 Å². The molecule has 0 radical (unpaired) electrons. The number of rotatable bonds is 3. The van der Waals surface area contributed by atoms with E-state index in [1.807, 2.05) is 29.2 Å². The predicted octanol–water partition coefficient (Wildman–Crippen LogP) is -0.482. The van der Waals surface area contributed by atoms with E-state index in [-0.39, 0.29) is 5.82 Å². The Morgan fingerprint density at radius 2 is 1.85 bits per heavy atom. The number of oxazole rings is 1. The second-order valence-corrected chi connectivity index (χ2v) is 8.29. The Labute approximate surface area is 192 Å². The number of benzene rings is 1. The Morgan fingerprint density at radius 1 is 1.06 bits per heavy atom. The Morgan fingerprint density at radius 3 is 2.65 bits per heavy atom. The fourth-order valence-corrected chi connectivity index (χ4v) is 4.44. The number of nitrogens with zero attached hydrogens (tertiary/aromatic N) is 7. The van der Waals surface area contributed by atoms with E-state index in [0.717, 1.165) is 5.52 Å². The first-order chi connectivity index (χ1) is 16.5. The van der Waals surface area contributed by atoms with Crippen molar-refractivity contribution in [2.75, 3.05) is 36.8 Å². The molecule has 4 aromatic rings. The number of carbonyl (C=O) groups is 1. The van der Waals surface area contributed by atoms with Crippen molar-refractivity contribution in [3.8, 4) is 0 Å². The van der Waals surface area contributed by atoms with Crippen LogP contribution in [-0.2, 0) is 9.53 Å². The molecule has 0 bridgehead atoms. The molecule has 2 saturated heterocycles. The lowest BCUT2D eigenvalue weighted by Gasteiger charge is -2.35. The summed E-state index contributed by atoms with van der Waals surface area (Å²) >= 11 is 0. The number of piperazine rings is 1. The van der Waals surface area contributed by atoms with Crippen LogP contribution in [0.25, 0.3) is 22.3 Å². The molecule has 1 aromatic carbocycles. The van der Waals surface area contributed by atoms with E-state index in [4.69, 9.17) is 14.9 Å². The number of aliphatic hydroxyl groups excluding tert-OH is 2. The SMILES string of the molecule is Nc1ncnc2c1ncn2[C@@H]1O[C@H](C(=O)N2CCN(c3nc4ccccc4o3)CC2)[C@@H](O)[C@H]1O. The molecule has 13 nitrogen and oxygen atoms in total. The van der Waals surface area contributed by atoms with E-state index in [1.165, 1.54) is 17.2 Å². The van der Waals surface area contributed by atoms with E-state index in [1.54, 1.807) is 4.90 Å². The standard InChI is InChI=1S/C21H22N8O5/c22-17-13-18(24-9-23-17)29(10-25-13)20-15(31)14(30)16(34-20)19(32)27-5-7-28(8-6-27)21-26-11-3-1-2-4-12(11)33-21/h1-4,9-10,14-16,20,30-31H,5-8H2,(H2,22,23,24)/t14-,15+,16-,20+/m0/s1. The molecule has 3 aromatic heterocycles. The number of aromatic nitrogens is 5. The van der Waals surface area contributed by atoms with Gasteiger partial charge in [-0.15, -0.1) is 0 Å². The van der Waals surface area contributed by atoms with Crippen molar-refractivity contribution in [3.63, 3.8) is 0 Å². The summed E-state index contributed by atoms with van der Waals surface area (Å²) in [7, 11) is 0. The van der Waals surface area contributed by atoms with E-state index >= 15 is 0 Å². The molecule has 1 amide bonds. The number of imidazole rings is 1. The first-order valence-corrected chi connectivity index (χ1v) is 10.8. The van der Waals surface area contributed by atoms with Gasteiger partial charge in [0.15, 0.2) is 29.4 Å². The topological polar surface area (TPSA) is 169 Å². The number of carbonyl (C=O) groups excluding carboxylic acids is 1. The maximum Gasteiger partial charge on any atom is 0.298 e. The molecule has 0 spiro atoms. The Balaban J connectivity index is 1.15. The van der Waals surface area contributed by atoms with Crippen LogP contribution in [0.1, 0.15) is 6.23 Å². The van der Waals surface area contributed by atoms with Gasteiger partial charge in [-0.2, -0.15) is 4.98 Å². The maximum atomic E-state index is 13.2. The van der Waals surface area contributed by atoms with Crippen molar-refractivity contribution < 1.29 is 24.2 Å². The molecule has 2 aliphatic rings. The van der Waals surface area contributed by atoms with Gasteiger partial charge in [-0.3, -0.25) is 9.36 Å². The van der Waals surface area contributed by atoms with Crippen molar-refractivity contribution in [1.29, 1.82) is 0 Å². The number of para-hydroxylation sites is 2. The lowest BCUT2D eigenvalue weighted by Crippen LogP contribution is -2.53. The van der Waals surface area contributed by atoms with Gasteiger partial charge in [0.05, 0.1) is 6.33 Å². The Bertz CT molecular complexity index is 1330. The summed E-state index contributed by atoms with van der Waals surface area (Å²) in [5.41, 5.74) is 7.99. The van der Waals surface area contributed by atoms with Gasteiger partial charge in [-0.05, 0) is 12.1 Å². The van der Waals surface area contributed by atoms with Crippen molar-refractivity contribution >= 4 is 40.0 Å². The fraction of sp³-hybridized carbons (Fsp3) is 0.381. The highest BCUT2D eigenvalue weighted by Crippen LogP contribution is 2.33. The zero-order valence-electron chi connectivity index (χ0n) is 17.9. The first-order valence-electron chi connectivity index (χ1n) is 10.8. The summed E-state index contributed by atoms with van der Waals surface area (Å²) in [5.74, 6) is -0.217. The van der Waals surface area contributed by atoms with Crippen LogP contribution in [0.15, 0.2) is 41.3 Å². The van der Waals surface area contributed by atoms with Crippen LogP contribution in [0.2, 0.25) is 0 Å². The summed E-state index contributed by atoms with van der Waals surface area (Å²) in [4.78, 5) is 33.4. The number of aliphatic hydroxyl groups is 2. The first kappa shape index (κ1) is 20.8. The summed E-state index contributed by atoms with van der Waals surface area (Å²) < 4.78 is 13.1. The fourth-order valence-electron chi connectivity index (χ4n) is 4.44. The zero-order valence-corrected chi connectivity index (χ0v) is 17.9. The zero-order chi connectivity index (χ0) is 23.4. The number of ether oxygens (including phenoxy) is 1. The van der Waals surface area contributed by atoms with Gasteiger partial charge in [0.1, 0.15) is 29.6 Å². The highest BCUT2D eigenvalue weighted by molar-refractivity contribution is 5.83. The molecule has 34 heavy (non-hydrogen) atoms. The van der Waals surface area contributed by atoms with Gasteiger partial charge in [0.25, 0.3) is 11.9 Å². The van der Waals surface area contributed by atoms with E-state index in [9.17, 15) is 15.0 Å². The number of amides is 1. The third-order valence-electron chi connectivity index (χ3n) is 6.29. The quantitative estimate of drug-likeness (QED) is 0.356. The number of hydrogen-bond donors (Lipinski definition) is 3. The molecule has 176 valence electrons. The van der Waals surface area contributed by atoms with E-state index in [2.05, 4.69) is 19.9 Å². The highest BCUT2D eigenvalue weighted by Gasteiger charge is 2.49. The van der Waals surface area contributed by atoms with Crippen molar-refractivity contribution in [1.82, 2.24) is 29.4 Å². The average molecular weight is 466 g/mol. The second-order valence-electron chi connectivity index (χ2n) is 8.29. The summed E-state index contributed by atoms with van der Waals surface area (Å²) in [5, 5.41) is 21.3. The van der Waals surface area contributed by atoms with Crippen LogP contribution >= 0.6 is 0 Å². The molecule has 0 saturated carbocycles. The number of nitrogen functional groups attached to an aromatic ring is 1. The minimum atomic E-state index is -1.41. The minimum absolute atomic E-state index is 0.182. The largest absolute Gasteiger partial charge is 0.423 e. The molecule has 2 fully saturated rings. The molecular formula is C21H22N8O5. The van der Waals surface area contributed by atoms with Crippen LogP contribution in [-0.4, -0.2) is 90.0 Å². The Kier molecular flexibility index (Phi) is 4.83. The van der Waals surface area contributed by atoms with Gasteiger partial charge in [0, 0.05) is 26.2 Å². The second kappa shape index (κ2) is 7.90. The van der Waals surface area contributed by atoms with Gasteiger partial charge >= 0.3 is 0 Å². The van der Waals surface area contributed by atoms with Crippen LogP contribution in [0, 0.1) is 0 Å². The maximum absolute atomic E-state index is 13.2. The van der Waals surface area contributed by atoms with Crippen LogP contribution < -0.4 is 10.6 Å². The van der Waals surface area contributed by atoms with Gasteiger partial charge in [-0.1, -0.05) is 12.1 Å². The number of fused-ring (bicyclic) bond motifs is 2. The third kappa shape index (κ3) is 3.24. The summed E-state index contributed by atoms with van der Waals surface area (Å²) in [6.07, 6.45) is -2.39. The Hall–Kier alpha value is -3.81. The van der Waals surface area contributed by atoms with Gasteiger partial charge < -0.3 is 34.9 Å². The average Bonchev–Trinajstić information content (AvgIpc) is 3.56. The molecule has 4 atom stereocenters. The van der Waals surface area contributed by atoms with Gasteiger partial charge in [-0.25, -0.2) is 15.0 Å². The monoisotopic (exact) mass is 466 g/mol. The molecule has 5 heterocycles. The smallest absolute Gasteiger partial charge is 0.298 e. The number of anilines is 2. The lowest BCUT2D eigenvalue weighted by atomic mass is 10.1. The highest BCUT2D eigenvalue weighted by atomic mass is 16.6. The molecule has 0 unspecified atom stereocenters.